The molecule has 0 radical (unpaired) electrons. The van der Waals surface area contributed by atoms with Gasteiger partial charge in [0.15, 0.2) is 0 Å². The molecular weight excluding hydrogens is 330 g/mol. The van der Waals surface area contributed by atoms with E-state index >= 15 is 0 Å². The summed E-state index contributed by atoms with van der Waals surface area (Å²) in [5, 5.41) is 0. The van der Waals surface area contributed by atoms with Gasteiger partial charge in [0.1, 0.15) is 11.6 Å². The van der Waals surface area contributed by atoms with Crippen LogP contribution in [0.3, 0.4) is 0 Å². The van der Waals surface area contributed by atoms with Gasteiger partial charge in [0, 0.05) is 31.5 Å². The van der Waals surface area contributed by atoms with Crippen molar-refractivity contribution in [1.29, 1.82) is 0 Å². The monoisotopic (exact) mass is 361 g/mol. The number of hydrogen-bond donors (Lipinski definition) is 0. The van der Waals surface area contributed by atoms with Crippen LogP contribution in [-0.2, 0) is 16.1 Å². The number of amides is 2. The third kappa shape index (κ3) is 5.44. The average Bonchev–Trinajstić information content (AvgIpc) is 2.58. The molecule has 0 aliphatic carbocycles. The predicted octanol–water partition coefficient (Wildman–Crippen LogP) is 3.61. The Balaban J connectivity index is 2.17. The Morgan fingerprint density at radius 1 is 1.27 bits per heavy atom. The topological polar surface area (TPSA) is 62.7 Å². The van der Waals surface area contributed by atoms with Gasteiger partial charge < -0.3 is 9.64 Å². The first-order valence-electron chi connectivity index (χ1n) is 9.38. The summed E-state index contributed by atoms with van der Waals surface area (Å²) in [5.41, 5.74) is 0.457. The summed E-state index contributed by atoms with van der Waals surface area (Å²) >= 11 is 0. The van der Waals surface area contributed by atoms with Gasteiger partial charge in [-0.1, -0.05) is 0 Å². The number of ether oxygens (including phenoxy) is 1. The number of aromatic nitrogens is 1. The quantitative estimate of drug-likeness (QED) is 0.822. The molecule has 6 nitrogen and oxygen atoms in total. The van der Waals surface area contributed by atoms with Gasteiger partial charge in [-0.3, -0.25) is 14.7 Å². The Hall–Kier alpha value is -2.11. The Morgan fingerprint density at radius 3 is 2.50 bits per heavy atom. The Labute approximate surface area is 156 Å². The Morgan fingerprint density at radius 2 is 1.92 bits per heavy atom. The minimum atomic E-state index is -0.573. The first kappa shape index (κ1) is 20.2. The van der Waals surface area contributed by atoms with Gasteiger partial charge in [-0.05, 0) is 71.6 Å². The van der Waals surface area contributed by atoms with Gasteiger partial charge in [0.2, 0.25) is 5.91 Å². The lowest BCUT2D eigenvalue weighted by Crippen LogP contribution is -2.55. The molecule has 26 heavy (non-hydrogen) atoms. The van der Waals surface area contributed by atoms with Crippen molar-refractivity contribution in [2.24, 2.45) is 0 Å². The minimum Gasteiger partial charge on any atom is -0.444 e. The van der Waals surface area contributed by atoms with E-state index in [2.05, 4.69) is 4.98 Å². The zero-order valence-corrected chi connectivity index (χ0v) is 16.6. The van der Waals surface area contributed by atoms with E-state index in [1.807, 2.05) is 51.7 Å². The van der Waals surface area contributed by atoms with Crippen LogP contribution in [0.15, 0.2) is 24.5 Å². The van der Waals surface area contributed by atoms with Crippen LogP contribution in [0.2, 0.25) is 0 Å². The van der Waals surface area contributed by atoms with Crippen molar-refractivity contribution < 1.29 is 14.3 Å². The molecule has 1 aromatic rings. The molecule has 6 heteroatoms. The van der Waals surface area contributed by atoms with Crippen LogP contribution in [0, 0.1) is 0 Å². The van der Waals surface area contributed by atoms with Crippen LogP contribution < -0.4 is 0 Å². The highest BCUT2D eigenvalue weighted by atomic mass is 16.6. The highest BCUT2D eigenvalue weighted by molar-refractivity contribution is 5.86. The molecule has 1 atom stereocenters. The number of carbonyl (C=O) groups is 2. The summed E-state index contributed by atoms with van der Waals surface area (Å²) in [7, 11) is 0. The second-order valence-electron chi connectivity index (χ2n) is 8.10. The molecule has 0 N–H and O–H groups in total. The Bertz CT molecular complexity index is 610. The molecule has 1 aromatic heterocycles. The third-order valence-electron chi connectivity index (χ3n) is 4.42. The standard InChI is InChI=1S/C20H31N3O3/c1-15(2)23(14-16-9-11-21-12-10-16)18(24)17-8-6-7-13-22(17)19(25)26-20(3,4)5/h9-12,15,17H,6-8,13-14H2,1-5H3/t17-/m0/s1. The molecule has 1 aliphatic rings. The number of piperidine rings is 1. The predicted molar refractivity (Wildman–Crippen MR) is 101 cm³/mol. The first-order valence-corrected chi connectivity index (χ1v) is 9.38. The molecule has 144 valence electrons. The van der Waals surface area contributed by atoms with Crippen molar-refractivity contribution >= 4 is 12.0 Å². The molecule has 1 aliphatic heterocycles. The second-order valence-corrected chi connectivity index (χ2v) is 8.10. The summed E-state index contributed by atoms with van der Waals surface area (Å²) in [6.07, 6.45) is 5.57. The molecule has 0 saturated carbocycles. The summed E-state index contributed by atoms with van der Waals surface area (Å²) in [5.74, 6) is -0.0117. The fraction of sp³-hybridized carbons (Fsp3) is 0.650. The third-order valence-corrected chi connectivity index (χ3v) is 4.42. The van der Waals surface area contributed by atoms with Crippen LogP contribution in [0.4, 0.5) is 4.79 Å². The Kier molecular flexibility index (Phi) is 6.62. The minimum absolute atomic E-state index is 0.0117. The maximum absolute atomic E-state index is 13.3. The van der Waals surface area contributed by atoms with Gasteiger partial charge in [0.05, 0.1) is 0 Å². The molecule has 0 bridgehead atoms. The fourth-order valence-electron chi connectivity index (χ4n) is 3.12. The van der Waals surface area contributed by atoms with Crippen molar-refractivity contribution in [2.75, 3.05) is 6.54 Å². The van der Waals surface area contributed by atoms with E-state index in [0.29, 0.717) is 19.5 Å². The first-order chi connectivity index (χ1) is 12.2. The van der Waals surface area contributed by atoms with Crippen molar-refractivity contribution in [3.05, 3.63) is 30.1 Å². The summed E-state index contributed by atoms with van der Waals surface area (Å²) in [6.45, 7) is 10.6. The van der Waals surface area contributed by atoms with Crippen LogP contribution in [0.5, 0.6) is 0 Å². The van der Waals surface area contributed by atoms with Crippen LogP contribution in [-0.4, -0.2) is 51.0 Å². The van der Waals surface area contributed by atoms with E-state index in [-0.39, 0.29) is 11.9 Å². The van der Waals surface area contributed by atoms with Crippen molar-refractivity contribution in [3.8, 4) is 0 Å². The highest BCUT2D eigenvalue weighted by Crippen LogP contribution is 2.23. The second kappa shape index (κ2) is 8.52. The van der Waals surface area contributed by atoms with Gasteiger partial charge in [0.25, 0.3) is 0 Å². The molecule has 1 fully saturated rings. The fourth-order valence-corrected chi connectivity index (χ4v) is 3.12. The van der Waals surface area contributed by atoms with Crippen LogP contribution >= 0.6 is 0 Å². The number of carbonyl (C=O) groups excluding carboxylic acids is 2. The number of nitrogens with zero attached hydrogens (tertiary/aromatic N) is 3. The molecule has 2 rings (SSSR count). The largest absolute Gasteiger partial charge is 0.444 e. The van der Waals surface area contributed by atoms with Gasteiger partial charge >= 0.3 is 6.09 Å². The SMILES string of the molecule is CC(C)N(Cc1ccncc1)C(=O)[C@@H]1CCCCN1C(=O)OC(C)(C)C. The van der Waals surface area contributed by atoms with Crippen molar-refractivity contribution in [3.63, 3.8) is 0 Å². The van der Waals surface area contributed by atoms with E-state index < -0.39 is 17.7 Å². The zero-order chi connectivity index (χ0) is 19.3. The number of rotatable bonds is 4. The highest BCUT2D eigenvalue weighted by Gasteiger charge is 2.37. The van der Waals surface area contributed by atoms with Crippen LogP contribution in [0.1, 0.15) is 59.4 Å². The molecule has 0 spiro atoms. The normalized spacial score (nSPS) is 17.9. The van der Waals surface area contributed by atoms with E-state index in [0.717, 1.165) is 18.4 Å². The molecule has 0 aromatic carbocycles. The van der Waals surface area contributed by atoms with Gasteiger partial charge in [-0.15, -0.1) is 0 Å². The average molecular weight is 361 g/mol. The molecule has 1 saturated heterocycles. The molecule has 2 amide bonds. The molecular formula is C20H31N3O3. The number of hydrogen-bond acceptors (Lipinski definition) is 4. The number of pyridine rings is 1. The van der Waals surface area contributed by atoms with Gasteiger partial charge in [-0.25, -0.2) is 4.79 Å². The summed E-state index contributed by atoms with van der Waals surface area (Å²) < 4.78 is 5.52. The van der Waals surface area contributed by atoms with Crippen LogP contribution in [0.25, 0.3) is 0 Å². The van der Waals surface area contributed by atoms with Crippen molar-refractivity contribution in [2.45, 2.75) is 78.1 Å². The van der Waals surface area contributed by atoms with E-state index in [1.54, 1.807) is 17.3 Å². The summed E-state index contributed by atoms with van der Waals surface area (Å²) in [6, 6.07) is 3.41. The molecule has 0 unspecified atom stereocenters. The van der Waals surface area contributed by atoms with Gasteiger partial charge in [-0.2, -0.15) is 0 Å². The summed E-state index contributed by atoms with van der Waals surface area (Å²) in [4.78, 5) is 33.4. The lowest BCUT2D eigenvalue weighted by atomic mass is 10.0. The zero-order valence-electron chi connectivity index (χ0n) is 16.6. The smallest absolute Gasteiger partial charge is 0.410 e. The van der Waals surface area contributed by atoms with Crippen molar-refractivity contribution in [1.82, 2.24) is 14.8 Å². The molecule has 2 heterocycles. The van der Waals surface area contributed by atoms with E-state index in [1.165, 1.54) is 0 Å². The van der Waals surface area contributed by atoms with E-state index in [9.17, 15) is 9.59 Å². The number of likely N-dealkylation sites (tertiary alicyclic amines) is 1. The maximum atomic E-state index is 13.3. The lowest BCUT2D eigenvalue weighted by molar-refractivity contribution is -0.140. The van der Waals surface area contributed by atoms with E-state index in [4.69, 9.17) is 4.74 Å². The lowest BCUT2D eigenvalue weighted by Gasteiger charge is -2.39. The maximum Gasteiger partial charge on any atom is 0.410 e.